The average molecular weight is 1670 g/mol. The maximum absolute atomic E-state index is 14.9. The number of hydrogen-bond donors (Lipinski definition) is 7. The van der Waals surface area contributed by atoms with E-state index in [1.807, 2.05) is 43.3 Å². The first-order valence-electron chi connectivity index (χ1n) is 43.9. The van der Waals surface area contributed by atoms with Crippen LogP contribution in [0.15, 0.2) is 65.8 Å². The lowest BCUT2D eigenvalue weighted by atomic mass is 9.93. The first-order valence-corrected chi connectivity index (χ1v) is 45.4. The highest BCUT2D eigenvalue weighted by atomic mass is 31.2. The zero-order valence-electron chi connectivity index (χ0n) is 70.6. The van der Waals surface area contributed by atoms with Crippen LogP contribution in [-0.4, -0.2) is 174 Å². The standard InChI is InChI=1S/C86H141N10O20P/c1-5-8-11-13-15-17-19-21-23-25-27-29-38-54-79(101)112-65-71(116-80(102)55-39-30-28-26-24-22-20-18-16-14-12-9-6-2)66-115-117(109,110)114-60-57-88-76(98)52-40-53-77(99)90-62-78(100)92-81(67(4)111-63-68-44-34-31-35-45-68)82(103)91-72(49-33-10-7-3)83(104)95-59-43-51-74(95)84(105)94-58-42-50-73(94)75(97)61-70(48-41-56-89-86(87)93-96(107)108)85(106)113-64-69-46-36-32-37-47-69/h31-32,34-37,44-47,67,70-74,81H,5-30,33,38-43,48-66H2,1-4H3,(H,88,98)(H,90,99)(H,91,103)(H,92,100)(H,109,110)(H3,87,89,93). The van der Waals surface area contributed by atoms with Crippen molar-refractivity contribution in [1.29, 1.82) is 0 Å². The van der Waals surface area contributed by atoms with Gasteiger partial charge in [0.2, 0.25) is 35.4 Å². The summed E-state index contributed by atoms with van der Waals surface area (Å²) in [6.07, 6.45) is 31.5. The van der Waals surface area contributed by atoms with Crippen molar-refractivity contribution in [2.24, 2.45) is 16.8 Å². The van der Waals surface area contributed by atoms with E-state index in [0.29, 0.717) is 44.9 Å². The highest BCUT2D eigenvalue weighted by Gasteiger charge is 2.45. The molecule has 8 atom stereocenters. The molecule has 8 unspecified atom stereocenters. The van der Waals surface area contributed by atoms with Gasteiger partial charge in [-0.25, -0.2) is 14.7 Å². The Morgan fingerprint density at radius 1 is 0.564 bits per heavy atom. The van der Waals surface area contributed by atoms with Gasteiger partial charge in [-0.05, 0) is 82.3 Å². The van der Waals surface area contributed by atoms with Gasteiger partial charge in [-0.15, -0.1) is 0 Å². The average Bonchev–Trinajstić information content (AvgIpc) is 1.67. The number of nitrogens with one attached hydrogen (secondary N) is 5. The minimum atomic E-state index is -4.78. The molecule has 2 aliphatic rings. The summed E-state index contributed by atoms with van der Waals surface area (Å²) in [5, 5.41) is 26.1. The molecule has 2 heterocycles. The van der Waals surface area contributed by atoms with Crippen LogP contribution in [0.4, 0.5) is 0 Å². The number of hydrazone groups is 1. The topological polar surface area (TPSA) is 412 Å². The second kappa shape index (κ2) is 62.3. The molecular formula is C86H141N10O20P. The van der Waals surface area contributed by atoms with Crippen LogP contribution in [0.3, 0.4) is 0 Å². The van der Waals surface area contributed by atoms with Gasteiger partial charge in [0.05, 0.1) is 44.4 Å². The van der Waals surface area contributed by atoms with Crippen LogP contribution in [0.1, 0.15) is 308 Å². The molecule has 6 amide bonds. The number of hydrogen-bond acceptors (Lipinski definition) is 19. The monoisotopic (exact) mass is 1670 g/mol. The molecule has 2 aromatic rings. The molecule has 0 saturated carbocycles. The number of unbranched alkanes of at least 4 members (excludes halogenated alkanes) is 26. The molecule has 31 heteroatoms. The number of ether oxygens (including phenoxy) is 4. The number of carbonyl (C=O) groups excluding carboxylic acids is 10. The summed E-state index contributed by atoms with van der Waals surface area (Å²) in [5.74, 6) is -7.04. The number of likely N-dealkylation sites (tertiary alicyclic amines) is 2. The molecule has 117 heavy (non-hydrogen) atoms. The van der Waals surface area contributed by atoms with Crippen LogP contribution in [0.2, 0.25) is 0 Å². The molecule has 0 bridgehead atoms. The van der Waals surface area contributed by atoms with Crippen molar-refractivity contribution < 1.29 is 90.4 Å². The summed E-state index contributed by atoms with van der Waals surface area (Å²) in [5.41, 5.74) is 7.09. The normalized spacial score (nSPS) is 15.9. The number of nitrogens with two attached hydrogens (primary N) is 1. The minimum absolute atomic E-state index is 0.0355. The number of benzene rings is 2. The molecule has 2 aliphatic heterocycles. The molecule has 30 nitrogen and oxygen atoms in total. The van der Waals surface area contributed by atoms with E-state index in [0.717, 1.165) is 62.5 Å². The van der Waals surface area contributed by atoms with Crippen LogP contribution in [0.25, 0.3) is 0 Å². The van der Waals surface area contributed by atoms with Crippen LogP contribution in [0, 0.1) is 16.0 Å². The van der Waals surface area contributed by atoms with Crippen molar-refractivity contribution in [3.63, 3.8) is 0 Å². The number of ketones is 1. The third kappa shape index (κ3) is 46.3. The fourth-order valence-electron chi connectivity index (χ4n) is 14.4. The summed E-state index contributed by atoms with van der Waals surface area (Å²) in [4.78, 5) is 162. The first-order chi connectivity index (χ1) is 56.5. The highest BCUT2D eigenvalue weighted by molar-refractivity contribution is 7.47. The second-order valence-electron chi connectivity index (χ2n) is 31.1. The number of Topliss-reactive ketones (excluding diaryl/α,β-unsaturated/α-hetero) is 1. The lowest BCUT2D eigenvalue weighted by Gasteiger charge is -2.34. The Kier molecular flexibility index (Phi) is 54.0. The van der Waals surface area contributed by atoms with E-state index < -0.39 is 134 Å². The van der Waals surface area contributed by atoms with Crippen LogP contribution in [-0.2, 0) is 93.7 Å². The Morgan fingerprint density at radius 2 is 1.08 bits per heavy atom. The molecule has 4 rings (SSSR count). The Hall–Kier alpha value is -7.92. The Balaban J connectivity index is 1.28. The van der Waals surface area contributed by atoms with Crippen molar-refractivity contribution in [3.8, 4) is 0 Å². The molecule has 2 fully saturated rings. The van der Waals surface area contributed by atoms with Gasteiger partial charge in [-0.2, -0.15) is 0 Å². The Morgan fingerprint density at radius 3 is 1.64 bits per heavy atom. The number of nitrogens with zero attached hydrogens (tertiary/aromatic N) is 4. The summed E-state index contributed by atoms with van der Waals surface area (Å²) in [6.45, 7) is 6.23. The minimum Gasteiger partial charge on any atom is -0.462 e. The summed E-state index contributed by atoms with van der Waals surface area (Å²) in [6, 6.07) is 13.6. The molecule has 8 N–H and O–H groups in total. The molecule has 660 valence electrons. The highest BCUT2D eigenvalue weighted by Crippen LogP contribution is 2.43. The zero-order chi connectivity index (χ0) is 85.1. The zero-order valence-corrected chi connectivity index (χ0v) is 71.5. The number of phosphoric ester groups is 1. The summed E-state index contributed by atoms with van der Waals surface area (Å²) < 4.78 is 46.3. The molecule has 2 aromatic carbocycles. The SMILES string of the molecule is CCCCCCCCCCCCCCCC(=O)OCC(COP(=O)(O)OCCNC(=O)CCCC(=O)NCC(=O)NC(C(=O)NC(CCCCC)C(=O)N1CCCC1C(=O)N1CCCC1C(=O)CC(CCCN/C(N)=N\[N+](=O)[O-])C(=O)OCc1ccccc1)C(C)OCc1ccccc1)OC(=O)CCCCCCCCCCCCCCC. The largest absolute Gasteiger partial charge is 0.472 e. The van der Waals surface area contributed by atoms with Crippen molar-refractivity contribution in [2.75, 3.05) is 52.5 Å². The van der Waals surface area contributed by atoms with Gasteiger partial charge < -0.3 is 66.0 Å². The van der Waals surface area contributed by atoms with Crippen molar-refractivity contribution in [1.82, 2.24) is 36.4 Å². The van der Waals surface area contributed by atoms with Crippen LogP contribution < -0.4 is 32.3 Å². The summed E-state index contributed by atoms with van der Waals surface area (Å²) >= 11 is 0. The number of carbonyl (C=O) groups is 10. The maximum atomic E-state index is 14.9. The fraction of sp³-hybridized carbons (Fsp3) is 0.733. The van der Waals surface area contributed by atoms with E-state index in [4.69, 9.17) is 33.7 Å². The van der Waals surface area contributed by atoms with Gasteiger partial charge in [0.25, 0.3) is 5.96 Å². The van der Waals surface area contributed by atoms with Gasteiger partial charge in [0.15, 0.2) is 16.9 Å². The number of guanidine groups is 1. The third-order valence-electron chi connectivity index (χ3n) is 21.1. The number of amides is 6. The molecule has 0 aliphatic carbocycles. The van der Waals surface area contributed by atoms with Crippen LogP contribution >= 0.6 is 7.82 Å². The number of rotatable bonds is 68. The van der Waals surface area contributed by atoms with E-state index >= 15 is 0 Å². The quantitative estimate of drug-likeness (QED) is 0.00473. The van der Waals surface area contributed by atoms with E-state index in [-0.39, 0.29) is 116 Å². The van der Waals surface area contributed by atoms with Gasteiger partial charge >= 0.3 is 25.7 Å². The lowest BCUT2D eigenvalue weighted by molar-refractivity contribution is -0.485. The van der Waals surface area contributed by atoms with E-state index in [9.17, 15) is 67.5 Å². The Bertz CT molecular complexity index is 3290. The van der Waals surface area contributed by atoms with E-state index in [2.05, 4.69) is 45.5 Å². The van der Waals surface area contributed by atoms with Gasteiger partial charge in [-0.3, -0.25) is 57.0 Å². The smallest absolute Gasteiger partial charge is 0.462 e. The number of esters is 3. The molecule has 2 saturated heterocycles. The molecule has 0 spiro atoms. The van der Waals surface area contributed by atoms with Gasteiger partial charge in [-0.1, -0.05) is 255 Å². The van der Waals surface area contributed by atoms with Crippen molar-refractivity contribution in [3.05, 3.63) is 81.9 Å². The number of phosphoric acid groups is 1. The van der Waals surface area contributed by atoms with Gasteiger partial charge in [0.1, 0.15) is 36.4 Å². The maximum Gasteiger partial charge on any atom is 0.472 e. The molecule has 0 radical (unpaired) electrons. The van der Waals surface area contributed by atoms with Crippen LogP contribution in [0.5, 0.6) is 0 Å². The second-order valence-corrected chi connectivity index (χ2v) is 32.5. The summed E-state index contributed by atoms with van der Waals surface area (Å²) in [7, 11) is -4.78. The third-order valence-corrected chi connectivity index (χ3v) is 22.1. The predicted octanol–water partition coefficient (Wildman–Crippen LogP) is 13.3. The molecule has 0 aromatic heterocycles. The lowest BCUT2D eigenvalue weighted by Crippen LogP contribution is -2.60. The fourth-order valence-corrected chi connectivity index (χ4v) is 15.2. The van der Waals surface area contributed by atoms with E-state index in [1.165, 1.54) is 119 Å². The van der Waals surface area contributed by atoms with Gasteiger partial charge in [0, 0.05) is 58.3 Å². The van der Waals surface area contributed by atoms with Crippen molar-refractivity contribution >= 4 is 72.9 Å². The first kappa shape index (κ1) is 101. The number of nitro groups is 1. The predicted molar refractivity (Wildman–Crippen MR) is 446 cm³/mol. The Labute approximate surface area is 694 Å². The van der Waals surface area contributed by atoms with Crippen molar-refractivity contribution in [2.45, 2.75) is 347 Å². The molecular weight excluding hydrogens is 1520 g/mol. The van der Waals surface area contributed by atoms with E-state index in [1.54, 1.807) is 31.2 Å².